The summed E-state index contributed by atoms with van der Waals surface area (Å²) in [4.78, 5) is 28.4. The molecule has 128 valence electrons. The molecule has 1 aromatic heterocycles. The molecule has 0 unspecified atom stereocenters. The Kier molecular flexibility index (Phi) is 6.61. The molecule has 1 N–H and O–H groups in total. The first kappa shape index (κ1) is 18.3. The minimum atomic E-state index is -0.604. The van der Waals surface area contributed by atoms with Gasteiger partial charge in [-0.3, -0.25) is 4.79 Å². The Morgan fingerprint density at radius 2 is 1.96 bits per heavy atom. The molecule has 1 aromatic carbocycles. The molecule has 0 spiro atoms. The molecule has 0 aliphatic carbocycles. The number of esters is 1. The fourth-order valence-corrected chi connectivity index (χ4v) is 3.02. The predicted molar refractivity (Wildman–Crippen MR) is 95.9 cm³/mol. The van der Waals surface area contributed by atoms with Crippen molar-refractivity contribution < 1.29 is 14.3 Å². The normalized spacial score (nSPS) is 12.2. The van der Waals surface area contributed by atoms with Gasteiger partial charge in [0.05, 0.1) is 23.4 Å². The number of methoxy groups -OCH3 is 1. The van der Waals surface area contributed by atoms with Crippen LogP contribution < -0.4 is 5.32 Å². The number of nitrogens with zero attached hydrogens (tertiary/aromatic N) is 1. The maximum absolute atomic E-state index is 12.1. The monoisotopic (exact) mass is 346 g/mol. The number of ether oxygens (including phenoxy) is 1. The summed E-state index contributed by atoms with van der Waals surface area (Å²) >= 11 is 1.35. The Morgan fingerprint density at radius 3 is 2.67 bits per heavy atom. The fraction of sp³-hybridized carbons (Fsp3) is 0.389. The first-order valence-corrected chi connectivity index (χ1v) is 8.84. The van der Waals surface area contributed by atoms with Gasteiger partial charge in [-0.15, -0.1) is 0 Å². The average Bonchev–Trinajstić information content (AvgIpc) is 2.58. The molecule has 0 radical (unpaired) electrons. The Bertz CT molecular complexity index is 718. The van der Waals surface area contributed by atoms with Crippen molar-refractivity contribution >= 4 is 34.5 Å². The van der Waals surface area contributed by atoms with E-state index >= 15 is 0 Å². The smallest absolute Gasteiger partial charge is 0.328 e. The largest absolute Gasteiger partial charge is 0.467 e. The third-order valence-electron chi connectivity index (χ3n) is 3.45. The summed E-state index contributed by atoms with van der Waals surface area (Å²) < 4.78 is 4.75. The minimum Gasteiger partial charge on any atom is -0.467 e. The van der Waals surface area contributed by atoms with Crippen molar-refractivity contribution in [1.82, 2.24) is 10.3 Å². The molecule has 6 heteroatoms. The zero-order chi connectivity index (χ0) is 17.5. The van der Waals surface area contributed by atoms with Gasteiger partial charge in [0.2, 0.25) is 5.91 Å². The Balaban J connectivity index is 1.94. The molecule has 0 aliphatic rings. The zero-order valence-corrected chi connectivity index (χ0v) is 14.9. The van der Waals surface area contributed by atoms with Gasteiger partial charge in [-0.1, -0.05) is 49.9 Å². The Morgan fingerprint density at radius 1 is 1.21 bits per heavy atom. The van der Waals surface area contributed by atoms with Crippen LogP contribution in [0.15, 0.2) is 41.4 Å². The average molecular weight is 346 g/mol. The van der Waals surface area contributed by atoms with Gasteiger partial charge in [-0.05, 0) is 24.5 Å². The van der Waals surface area contributed by atoms with Gasteiger partial charge >= 0.3 is 5.97 Å². The number of pyridine rings is 1. The third-order valence-corrected chi connectivity index (χ3v) is 4.38. The van der Waals surface area contributed by atoms with Crippen molar-refractivity contribution in [1.29, 1.82) is 0 Å². The number of aromatic nitrogens is 1. The second-order valence-corrected chi connectivity index (χ2v) is 6.90. The lowest BCUT2D eigenvalue weighted by Crippen LogP contribution is -2.43. The van der Waals surface area contributed by atoms with Crippen LogP contribution in [0.25, 0.3) is 10.9 Å². The molecule has 0 saturated heterocycles. The highest BCUT2D eigenvalue weighted by Crippen LogP contribution is 2.19. The van der Waals surface area contributed by atoms with E-state index in [-0.39, 0.29) is 17.6 Å². The predicted octanol–water partition coefficient (Wildman–Crippen LogP) is 3.03. The van der Waals surface area contributed by atoms with Crippen molar-refractivity contribution in [2.45, 2.75) is 31.3 Å². The highest BCUT2D eigenvalue weighted by atomic mass is 32.2. The molecule has 1 amide bonds. The van der Waals surface area contributed by atoms with E-state index in [1.807, 2.05) is 50.2 Å². The lowest BCUT2D eigenvalue weighted by Gasteiger charge is -2.18. The molecule has 0 saturated carbocycles. The van der Waals surface area contributed by atoms with Gasteiger partial charge in [0.15, 0.2) is 0 Å². The molecule has 5 nitrogen and oxygen atoms in total. The summed E-state index contributed by atoms with van der Waals surface area (Å²) in [5.74, 6) is -0.127. The molecule has 2 rings (SSSR count). The van der Waals surface area contributed by atoms with E-state index in [1.165, 1.54) is 18.9 Å². The van der Waals surface area contributed by atoms with E-state index < -0.39 is 12.0 Å². The number of carbonyl (C=O) groups is 2. The number of carbonyl (C=O) groups excluding carboxylic acids is 2. The molecule has 1 atom stereocenters. The summed E-state index contributed by atoms with van der Waals surface area (Å²) in [6.45, 7) is 3.99. The lowest BCUT2D eigenvalue weighted by atomic mass is 10.0. The standard InChI is InChI=1S/C18H22N2O3S/c1-12(2)10-15(18(22)23-3)19-16(21)11-24-17-9-8-13-6-4-5-7-14(13)20-17/h4-9,12,15H,10-11H2,1-3H3,(H,19,21)/t15-/m0/s1. The van der Waals surface area contributed by atoms with Crippen LogP contribution in [0.2, 0.25) is 0 Å². The number of rotatable bonds is 7. The maximum Gasteiger partial charge on any atom is 0.328 e. The quantitative estimate of drug-likeness (QED) is 0.616. The van der Waals surface area contributed by atoms with E-state index in [9.17, 15) is 9.59 Å². The topological polar surface area (TPSA) is 68.3 Å². The first-order chi connectivity index (χ1) is 11.5. The van der Waals surface area contributed by atoms with Crippen molar-refractivity contribution in [3.8, 4) is 0 Å². The molecule has 0 fully saturated rings. The Labute approximate surface area is 146 Å². The molecule has 1 heterocycles. The number of fused-ring (bicyclic) bond motifs is 1. The van der Waals surface area contributed by atoms with Gasteiger partial charge in [-0.2, -0.15) is 0 Å². The number of amides is 1. The van der Waals surface area contributed by atoms with Gasteiger partial charge in [-0.25, -0.2) is 9.78 Å². The van der Waals surface area contributed by atoms with Crippen LogP contribution in [0.3, 0.4) is 0 Å². The summed E-state index contributed by atoms with van der Waals surface area (Å²) in [7, 11) is 1.33. The van der Waals surface area contributed by atoms with E-state index in [4.69, 9.17) is 4.74 Å². The highest BCUT2D eigenvalue weighted by molar-refractivity contribution is 7.99. The van der Waals surface area contributed by atoms with E-state index in [0.29, 0.717) is 6.42 Å². The lowest BCUT2D eigenvalue weighted by molar-refractivity contribution is -0.145. The van der Waals surface area contributed by atoms with Crippen LogP contribution in [0, 0.1) is 5.92 Å². The minimum absolute atomic E-state index is 0.203. The summed E-state index contributed by atoms with van der Waals surface area (Å²) in [6, 6.07) is 11.1. The third kappa shape index (κ3) is 5.23. The first-order valence-electron chi connectivity index (χ1n) is 7.85. The summed E-state index contributed by atoms with van der Waals surface area (Å²) in [5.41, 5.74) is 0.898. The van der Waals surface area contributed by atoms with Crippen LogP contribution in [-0.2, 0) is 14.3 Å². The van der Waals surface area contributed by atoms with Crippen LogP contribution in [0.4, 0.5) is 0 Å². The molecule has 0 aliphatic heterocycles. The number of thioether (sulfide) groups is 1. The highest BCUT2D eigenvalue weighted by Gasteiger charge is 2.22. The van der Waals surface area contributed by atoms with E-state index in [1.54, 1.807) is 0 Å². The second-order valence-electron chi connectivity index (χ2n) is 5.90. The van der Waals surface area contributed by atoms with Gasteiger partial charge in [0.1, 0.15) is 6.04 Å². The van der Waals surface area contributed by atoms with Crippen LogP contribution >= 0.6 is 11.8 Å². The fourth-order valence-electron chi connectivity index (χ4n) is 2.33. The number of benzene rings is 1. The number of hydrogen-bond acceptors (Lipinski definition) is 5. The van der Waals surface area contributed by atoms with Gasteiger partial charge < -0.3 is 10.1 Å². The van der Waals surface area contributed by atoms with Crippen molar-refractivity contribution in [3.63, 3.8) is 0 Å². The number of para-hydroxylation sites is 1. The van der Waals surface area contributed by atoms with Crippen LogP contribution in [-0.4, -0.2) is 35.8 Å². The van der Waals surface area contributed by atoms with E-state index in [0.717, 1.165) is 15.9 Å². The van der Waals surface area contributed by atoms with Gasteiger partial charge in [0, 0.05) is 5.39 Å². The summed E-state index contributed by atoms with van der Waals surface area (Å²) in [5, 5.41) is 4.59. The molecule has 24 heavy (non-hydrogen) atoms. The molecular formula is C18H22N2O3S. The van der Waals surface area contributed by atoms with Crippen LogP contribution in [0.5, 0.6) is 0 Å². The van der Waals surface area contributed by atoms with Crippen LogP contribution in [0.1, 0.15) is 20.3 Å². The Hall–Kier alpha value is -2.08. The second kappa shape index (κ2) is 8.68. The molecular weight excluding hydrogens is 324 g/mol. The zero-order valence-electron chi connectivity index (χ0n) is 14.1. The maximum atomic E-state index is 12.1. The van der Waals surface area contributed by atoms with Crippen molar-refractivity contribution in [2.24, 2.45) is 5.92 Å². The number of nitrogens with one attached hydrogen (secondary N) is 1. The van der Waals surface area contributed by atoms with Crippen molar-refractivity contribution in [3.05, 3.63) is 36.4 Å². The van der Waals surface area contributed by atoms with E-state index in [2.05, 4.69) is 10.3 Å². The van der Waals surface area contributed by atoms with Gasteiger partial charge in [0.25, 0.3) is 0 Å². The number of hydrogen-bond donors (Lipinski definition) is 1. The molecule has 2 aromatic rings. The SMILES string of the molecule is COC(=O)[C@H](CC(C)C)NC(=O)CSc1ccc2ccccc2n1. The van der Waals surface area contributed by atoms with Crippen molar-refractivity contribution in [2.75, 3.05) is 12.9 Å². The summed E-state index contributed by atoms with van der Waals surface area (Å²) in [6.07, 6.45) is 0.553. The molecule has 0 bridgehead atoms.